The van der Waals surface area contributed by atoms with Crippen molar-refractivity contribution < 1.29 is 17.6 Å². The number of alkyl halides is 3. The van der Waals surface area contributed by atoms with Gasteiger partial charge in [-0.1, -0.05) is 32.4 Å². The van der Waals surface area contributed by atoms with Crippen LogP contribution in [0.3, 0.4) is 0 Å². The molecule has 1 aromatic heterocycles. The Morgan fingerprint density at radius 3 is 2.32 bits per heavy atom. The molecule has 3 rings (SSSR count). The number of rotatable bonds is 10. The first-order chi connectivity index (χ1) is 17.7. The van der Waals surface area contributed by atoms with Crippen LogP contribution < -0.4 is 9.80 Å². The summed E-state index contributed by atoms with van der Waals surface area (Å²) < 4.78 is 54.2. The number of anilines is 2. The van der Waals surface area contributed by atoms with Crippen LogP contribution in [0.4, 0.5) is 29.5 Å². The van der Waals surface area contributed by atoms with Crippen LogP contribution in [0, 0.1) is 5.82 Å². The zero-order chi connectivity index (χ0) is 27.0. The summed E-state index contributed by atoms with van der Waals surface area (Å²) in [5, 5.41) is 0. The molecule has 0 spiro atoms. The van der Waals surface area contributed by atoms with Crippen LogP contribution in [0.2, 0.25) is 0 Å². The van der Waals surface area contributed by atoms with Gasteiger partial charge in [-0.2, -0.15) is 28.1 Å². The summed E-state index contributed by atoms with van der Waals surface area (Å²) in [7, 11) is 1.91. The molecular formula is C26H33F4N7. The minimum atomic E-state index is -4.56. The molecule has 1 fully saturated rings. The lowest BCUT2D eigenvalue weighted by molar-refractivity contribution is -0.0903. The van der Waals surface area contributed by atoms with E-state index in [9.17, 15) is 17.6 Å². The Kier molecular flexibility index (Phi) is 9.60. The van der Waals surface area contributed by atoms with E-state index in [1.54, 1.807) is 24.0 Å². The summed E-state index contributed by atoms with van der Waals surface area (Å²) in [5.41, 5.74) is -0.219. The molecule has 0 bridgehead atoms. The second-order valence-electron chi connectivity index (χ2n) is 8.70. The Hall–Kier alpha value is -3.50. The first-order valence-corrected chi connectivity index (χ1v) is 12.3. The van der Waals surface area contributed by atoms with Gasteiger partial charge in [-0.3, -0.25) is 0 Å². The standard InChI is InChI=1S/C26H33F4N7/c1-5-8-9-14-35(4)24-32-22(19-10-12-20(27)13-11-19)33-25(34-24)37-17-15-36(16-18-37)23(31-7-3)21(6-2)26(28,29)30/h6-7,10-13H,2,5,8-9,14-18H2,1,3-4H3/b23-21-,31-7-. The van der Waals surface area contributed by atoms with E-state index in [0.717, 1.165) is 31.9 Å². The summed E-state index contributed by atoms with van der Waals surface area (Å²) in [6.45, 7) is 9.17. The van der Waals surface area contributed by atoms with Gasteiger partial charge in [-0.15, -0.1) is 0 Å². The Morgan fingerprint density at radius 1 is 1.08 bits per heavy atom. The predicted molar refractivity (Wildman–Crippen MR) is 139 cm³/mol. The number of hydrogen-bond acceptors (Lipinski definition) is 7. The average molecular weight is 520 g/mol. The van der Waals surface area contributed by atoms with Crippen LogP contribution in [0.15, 0.2) is 53.3 Å². The van der Waals surface area contributed by atoms with E-state index in [0.29, 0.717) is 49.5 Å². The smallest absolute Gasteiger partial charge is 0.353 e. The molecule has 0 unspecified atom stereocenters. The molecule has 0 atom stereocenters. The number of unbranched alkanes of at least 4 members (excludes halogenated alkanes) is 2. The van der Waals surface area contributed by atoms with Crippen molar-refractivity contribution in [1.82, 2.24) is 19.9 Å². The summed E-state index contributed by atoms with van der Waals surface area (Å²) in [5.74, 6) is 0.818. The highest BCUT2D eigenvalue weighted by Crippen LogP contribution is 2.32. The third kappa shape index (κ3) is 7.27. The first-order valence-electron chi connectivity index (χ1n) is 12.3. The van der Waals surface area contributed by atoms with Crippen molar-refractivity contribution in [2.24, 2.45) is 4.99 Å². The number of benzene rings is 1. The number of hydrogen-bond donors (Lipinski definition) is 0. The molecule has 1 aromatic carbocycles. The maximum atomic E-state index is 13.6. The molecule has 7 nitrogen and oxygen atoms in total. The van der Waals surface area contributed by atoms with Crippen LogP contribution in [-0.2, 0) is 0 Å². The number of aliphatic imine (C=N–C) groups is 1. The SMILES string of the molecule is C=C/C(=C(\N=C/C)N1CCN(c2nc(-c3ccc(F)cc3)nc(N(C)CCCCC)n2)CC1)C(F)(F)F. The molecule has 11 heteroatoms. The maximum Gasteiger partial charge on any atom is 0.419 e. The molecule has 2 aromatic rings. The van der Waals surface area contributed by atoms with Crippen LogP contribution in [-0.4, -0.2) is 72.0 Å². The van der Waals surface area contributed by atoms with Crippen LogP contribution in [0.5, 0.6) is 0 Å². The zero-order valence-corrected chi connectivity index (χ0v) is 21.5. The van der Waals surface area contributed by atoms with Crippen molar-refractivity contribution in [2.45, 2.75) is 39.3 Å². The van der Waals surface area contributed by atoms with E-state index < -0.39 is 11.7 Å². The number of piperazine rings is 1. The van der Waals surface area contributed by atoms with Gasteiger partial charge < -0.3 is 14.7 Å². The monoisotopic (exact) mass is 519 g/mol. The average Bonchev–Trinajstić information content (AvgIpc) is 2.88. The van der Waals surface area contributed by atoms with Crippen molar-refractivity contribution >= 4 is 18.1 Å². The highest BCUT2D eigenvalue weighted by atomic mass is 19.4. The second-order valence-corrected chi connectivity index (χ2v) is 8.70. The van der Waals surface area contributed by atoms with Crippen molar-refractivity contribution in [3.05, 3.63) is 54.1 Å². The highest BCUT2D eigenvalue weighted by molar-refractivity contribution is 5.59. The van der Waals surface area contributed by atoms with Crippen molar-refractivity contribution in [3.8, 4) is 11.4 Å². The fraction of sp³-hybridized carbons (Fsp3) is 0.462. The third-order valence-corrected chi connectivity index (χ3v) is 6.02. The highest BCUT2D eigenvalue weighted by Gasteiger charge is 2.37. The van der Waals surface area contributed by atoms with Gasteiger partial charge in [0.25, 0.3) is 0 Å². The van der Waals surface area contributed by atoms with Crippen LogP contribution >= 0.6 is 0 Å². The molecule has 1 aliphatic heterocycles. The molecule has 0 aliphatic carbocycles. The Balaban J connectivity index is 1.89. The van der Waals surface area contributed by atoms with E-state index in [1.165, 1.54) is 18.3 Å². The fourth-order valence-corrected chi connectivity index (χ4v) is 3.99. The molecule has 1 saturated heterocycles. The maximum absolute atomic E-state index is 13.6. The Bertz CT molecular complexity index is 1100. The molecule has 1 aliphatic rings. The summed E-state index contributed by atoms with van der Waals surface area (Å²) in [4.78, 5) is 23.4. The lowest BCUT2D eigenvalue weighted by atomic mass is 10.2. The van der Waals surface area contributed by atoms with Crippen molar-refractivity contribution in [3.63, 3.8) is 0 Å². The topological polar surface area (TPSA) is 60.8 Å². The zero-order valence-electron chi connectivity index (χ0n) is 21.5. The molecule has 200 valence electrons. The number of allylic oxidation sites excluding steroid dienone is 2. The van der Waals surface area contributed by atoms with E-state index in [1.807, 2.05) is 16.8 Å². The van der Waals surface area contributed by atoms with Crippen LogP contribution in [0.25, 0.3) is 11.4 Å². The quantitative estimate of drug-likeness (QED) is 0.179. The Labute approximate surface area is 215 Å². The minimum absolute atomic E-state index is 0.149. The van der Waals surface area contributed by atoms with Gasteiger partial charge in [0.1, 0.15) is 11.6 Å². The van der Waals surface area contributed by atoms with Crippen LogP contribution in [0.1, 0.15) is 33.1 Å². The molecule has 2 heterocycles. The van der Waals surface area contributed by atoms with Gasteiger partial charge in [0.15, 0.2) is 5.82 Å². The van der Waals surface area contributed by atoms with Gasteiger partial charge in [-0.25, -0.2) is 9.38 Å². The molecule has 37 heavy (non-hydrogen) atoms. The minimum Gasteiger partial charge on any atom is -0.353 e. The van der Waals surface area contributed by atoms with Crippen molar-refractivity contribution in [1.29, 1.82) is 0 Å². The van der Waals surface area contributed by atoms with Gasteiger partial charge in [-0.05, 0) is 37.6 Å². The Morgan fingerprint density at radius 2 is 1.76 bits per heavy atom. The third-order valence-electron chi connectivity index (χ3n) is 6.02. The largest absolute Gasteiger partial charge is 0.419 e. The summed E-state index contributed by atoms with van der Waals surface area (Å²) >= 11 is 0. The number of nitrogens with zero attached hydrogens (tertiary/aromatic N) is 7. The van der Waals surface area contributed by atoms with Crippen molar-refractivity contribution in [2.75, 3.05) is 49.6 Å². The fourth-order valence-electron chi connectivity index (χ4n) is 3.99. The van der Waals surface area contributed by atoms with E-state index in [-0.39, 0.29) is 11.6 Å². The predicted octanol–water partition coefficient (Wildman–Crippen LogP) is 5.48. The molecule has 0 N–H and O–H groups in total. The number of aromatic nitrogens is 3. The molecule has 0 radical (unpaired) electrons. The van der Waals surface area contributed by atoms with E-state index >= 15 is 0 Å². The number of halogens is 4. The lowest BCUT2D eigenvalue weighted by Gasteiger charge is -2.37. The molecule has 0 saturated carbocycles. The molecule has 0 amide bonds. The van der Waals surface area contributed by atoms with Gasteiger partial charge >= 0.3 is 6.18 Å². The van der Waals surface area contributed by atoms with E-state index in [4.69, 9.17) is 0 Å². The molecular weight excluding hydrogens is 486 g/mol. The summed E-state index contributed by atoms with van der Waals surface area (Å²) in [6.07, 6.45) is 0.735. The first kappa shape index (κ1) is 28.1. The van der Waals surface area contributed by atoms with Gasteiger partial charge in [0.05, 0.1) is 5.57 Å². The van der Waals surface area contributed by atoms with Gasteiger partial charge in [0.2, 0.25) is 11.9 Å². The lowest BCUT2D eigenvalue weighted by Crippen LogP contribution is -2.47. The van der Waals surface area contributed by atoms with Gasteiger partial charge in [0, 0.05) is 51.5 Å². The van der Waals surface area contributed by atoms with E-state index in [2.05, 4.69) is 33.4 Å². The second kappa shape index (κ2) is 12.6. The normalized spacial score (nSPS) is 15.2. The summed E-state index contributed by atoms with van der Waals surface area (Å²) in [6, 6.07) is 5.92.